The number of nitrogens with zero attached hydrogens (tertiary/aromatic N) is 2. The molecule has 0 aliphatic rings. The number of hydrogen-bond donors (Lipinski definition) is 1. The molecule has 7 nitrogen and oxygen atoms in total. The third-order valence-corrected chi connectivity index (χ3v) is 3.33. The molecule has 0 saturated heterocycles. The van der Waals surface area contributed by atoms with Crippen molar-refractivity contribution in [3.63, 3.8) is 0 Å². The molecule has 2 rings (SSSR count). The first kappa shape index (κ1) is 16.2. The summed E-state index contributed by atoms with van der Waals surface area (Å²) >= 11 is 0. The lowest BCUT2D eigenvalue weighted by molar-refractivity contribution is -0.384. The van der Waals surface area contributed by atoms with E-state index in [2.05, 4.69) is 0 Å². The van der Waals surface area contributed by atoms with Crippen molar-refractivity contribution in [2.45, 2.75) is 6.54 Å². The predicted molar refractivity (Wildman–Crippen MR) is 83.9 cm³/mol. The molecule has 0 unspecified atom stereocenters. The molecule has 0 heterocycles. The number of nitro groups is 1. The number of nitro benzene ring substituents is 1. The maximum absolute atomic E-state index is 12.3. The molecular weight excluding hydrogens is 298 g/mol. The number of nitrogens with two attached hydrogens (primary N) is 1. The second kappa shape index (κ2) is 6.69. The van der Waals surface area contributed by atoms with Crippen LogP contribution in [0.2, 0.25) is 0 Å². The Bertz CT molecular complexity index is 739. The molecule has 7 heteroatoms. The zero-order chi connectivity index (χ0) is 17.0. The number of carbonyl (C=O) groups is 2. The summed E-state index contributed by atoms with van der Waals surface area (Å²) in [5, 5.41) is 10.6. The highest BCUT2D eigenvalue weighted by Gasteiger charge is 2.14. The minimum absolute atomic E-state index is 0.0637. The molecule has 0 saturated carbocycles. The summed E-state index contributed by atoms with van der Waals surface area (Å²) in [5.41, 5.74) is 6.72. The van der Waals surface area contributed by atoms with Crippen LogP contribution in [0.3, 0.4) is 0 Å². The Kier molecular flexibility index (Phi) is 4.70. The smallest absolute Gasteiger partial charge is 0.269 e. The van der Waals surface area contributed by atoms with Gasteiger partial charge in [-0.15, -0.1) is 0 Å². The Morgan fingerprint density at radius 3 is 2.04 bits per heavy atom. The van der Waals surface area contributed by atoms with Crippen molar-refractivity contribution in [2.75, 3.05) is 7.05 Å². The highest BCUT2D eigenvalue weighted by Crippen LogP contribution is 2.14. The van der Waals surface area contributed by atoms with Gasteiger partial charge in [0.15, 0.2) is 0 Å². The fraction of sp³-hybridized carbons (Fsp3) is 0.125. The van der Waals surface area contributed by atoms with Gasteiger partial charge in [0.2, 0.25) is 5.91 Å². The Balaban J connectivity index is 2.07. The van der Waals surface area contributed by atoms with E-state index in [1.807, 2.05) is 0 Å². The number of rotatable bonds is 5. The van der Waals surface area contributed by atoms with Crippen LogP contribution in [0.5, 0.6) is 0 Å². The van der Waals surface area contributed by atoms with Crippen molar-refractivity contribution in [1.29, 1.82) is 0 Å². The van der Waals surface area contributed by atoms with Crippen LogP contribution in [-0.2, 0) is 6.54 Å². The summed E-state index contributed by atoms with van der Waals surface area (Å²) in [6.45, 7) is 0.342. The molecule has 0 radical (unpaired) electrons. The zero-order valence-corrected chi connectivity index (χ0v) is 12.4. The second-order valence-electron chi connectivity index (χ2n) is 5.03. The normalized spacial score (nSPS) is 10.1. The Labute approximate surface area is 132 Å². The number of benzene rings is 2. The van der Waals surface area contributed by atoms with Crippen molar-refractivity contribution in [2.24, 2.45) is 5.73 Å². The topological polar surface area (TPSA) is 107 Å². The van der Waals surface area contributed by atoms with Crippen LogP contribution in [0.15, 0.2) is 48.5 Å². The van der Waals surface area contributed by atoms with Crippen LogP contribution in [0.25, 0.3) is 0 Å². The second-order valence-corrected chi connectivity index (χ2v) is 5.03. The summed E-state index contributed by atoms with van der Waals surface area (Å²) in [7, 11) is 1.63. The molecule has 0 aliphatic carbocycles. The minimum atomic E-state index is -0.516. The van der Waals surface area contributed by atoms with E-state index in [-0.39, 0.29) is 11.6 Å². The van der Waals surface area contributed by atoms with Crippen molar-refractivity contribution < 1.29 is 14.5 Å². The average Bonchev–Trinajstić information content (AvgIpc) is 2.54. The summed E-state index contributed by atoms with van der Waals surface area (Å²) in [4.78, 5) is 34.9. The maximum Gasteiger partial charge on any atom is 0.269 e. The van der Waals surface area contributed by atoms with E-state index in [0.717, 1.165) is 5.56 Å². The molecule has 2 N–H and O–H groups in total. The van der Waals surface area contributed by atoms with Crippen molar-refractivity contribution in [1.82, 2.24) is 4.90 Å². The van der Waals surface area contributed by atoms with E-state index in [0.29, 0.717) is 17.7 Å². The fourth-order valence-corrected chi connectivity index (χ4v) is 2.07. The van der Waals surface area contributed by atoms with E-state index in [1.165, 1.54) is 29.2 Å². The standard InChI is InChI=1S/C16H15N3O4/c1-18(10-11-2-4-12(5-3-11)15(17)20)16(21)13-6-8-14(9-7-13)19(22)23/h2-9H,10H2,1H3,(H2,17,20). The molecular formula is C16H15N3O4. The monoisotopic (exact) mass is 313 g/mol. The summed E-state index contributed by atoms with van der Waals surface area (Å²) in [5.74, 6) is -0.759. The van der Waals surface area contributed by atoms with Gasteiger partial charge in [-0.25, -0.2) is 0 Å². The van der Waals surface area contributed by atoms with Gasteiger partial charge in [-0.05, 0) is 29.8 Å². The van der Waals surface area contributed by atoms with Gasteiger partial charge in [0.1, 0.15) is 0 Å². The molecule has 0 atom stereocenters. The van der Waals surface area contributed by atoms with Crippen LogP contribution in [0.1, 0.15) is 26.3 Å². The van der Waals surface area contributed by atoms with Crippen molar-refractivity contribution in [3.8, 4) is 0 Å². The van der Waals surface area contributed by atoms with Crippen molar-refractivity contribution in [3.05, 3.63) is 75.3 Å². The lowest BCUT2D eigenvalue weighted by Crippen LogP contribution is -2.26. The average molecular weight is 313 g/mol. The van der Waals surface area contributed by atoms with Crippen LogP contribution >= 0.6 is 0 Å². The fourth-order valence-electron chi connectivity index (χ4n) is 2.07. The van der Waals surface area contributed by atoms with Gasteiger partial charge in [-0.1, -0.05) is 12.1 Å². The van der Waals surface area contributed by atoms with E-state index in [1.54, 1.807) is 31.3 Å². The number of hydrogen-bond acceptors (Lipinski definition) is 4. The van der Waals surface area contributed by atoms with Gasteiger partial charge in [0.05, 0.1) is 4.92 Å². The summed E-state index contributed by atoms with van der Waals surface area (Å²) < 4.78 is 0. The van der Waals surface area contributed by atoms with E-state index in [9.17, 15) is 19.7 Å². The van der Waals surface area contributed by atoms with Crippen LogP contribution in [-0.4, -0.2) is 28.7 Å². The van der Waals surface area contributed by atoms with Crippen LogP contribution in [0, 0.1) is 10.1 Å². The highest BCUT2D eigenvalue weighted by atomic mass is 16.6. The molecule has 23 heavy (non-hydrogen) atoms. The van der Waals surface area contributed by atoms with Crippen molar-refractivity contribution >= 4 is 17.5 Å². The zero-order valence-electron chi connectivity index (χ0n) is 12.4. The van der Waals surface area contributed by atoms with Gasteiger partial charge >= 0.3 is 0 Å². The number of primary amides is 1. The lowest BCUT2D eigenvalue weighted by atomic mass is 10.1. The molecule has 0 spiro atoms. The maximum atomic E-state index is 12.3. The SMILES string of the molecule is CN(Cc1ccc(C(N)=O)cc1)C(=O)c1ccc([N+](=O)[O-])cc1. The first-order valence-electron chi connectivity index (χ1n) is 6.77. The number of carbonyl (C=O) groups excluding carboxylic acids is 2. The summed E-state index contributed by atoms with van der Waals surface area (Å²) in [6.07, 6.45) is 0. The Morgan fingerprint density at radius 1 is 1.04 bits per heavy atom. The first-order chi connectivity index (χ1) is 10.9. The van der Waals surface area contributed by atoms with Crippen LogP contribution < -0.4 is 5.73 Å². The molecule has 2 amide bonds. The molecule has 0 fully saturated rings. The molecule has 0 bridgehead atoms. The molecule has 0 aromatic heterocycles. The molecule has 2 aromatic carbocycles. The molecule has 2 aromatic rings. The van der Waals surface area contributed by atoms with Gasteiger partial charge in [0.25, 0.3) is 11.6 Å². The van der Waals surface area contributed by atoms with Gasteiger partial charge in [0, 0.05) is 36.9 Å². The molecule has 0 aliphatic heterocycles. The lowest BCUT2D eigenvalue weighted by Gasteiger charge is -2.17. The Hall–Kier alpha value is -3.22. The third-order valence-electron chi connectivity index (χ3n) is 3.33. The van der Waals surface area contributed by atoms with E-state index in [4.69, 9.17) is 5.73 Å². The van der Waals surface area contributed by atoms with Gasteiger partial charge in [-0.2, -0.15) is 0 Å². The summed E-state index contributed by atoms with van der Waals surface area (Å²) in [6, 6.07) is 12.1. The van der Waals surface area contributed by atoms with Gasteiger partial charge in [-0.3, -0.25) is 19.7 Å². The van der Waals surface area contributed by atoms with Crippen LogP contribution in [0.4, 0.5) is 5.69 Å². The molecule has 118 valence electrons. The largest absolute Gasteiger partial charge is 0.366 e. The first-order valence-corrected chi connectivity index (χ1v) is 6.77. The minimum Gasteiger partial charge on any atom is -0.366 e. The number of amides is 2. The van der Waals surface area contributed by atoms with Gasteiger partial charge < -0.3 is 10.6 Å². The predicted octanol–water partition coefficient (Wildman–Crippen LogP) is 1.97. The number of non-ortho nitro benzene ring substituents is 1. The Morgan fingerprint density at radius 2 is 1.57 bits per heavy atom. The van der Waals surface area contributed by atoms with E-state index >= 15 is 0 Å². The quantitative estimate of drug-likeness (QED) is 0.672. The highest BCUT2D eigenvalue weighted by molar-refractivity contribution is 5.94. The van der Waals surface area contributed by atoms with E-state index < -0.39 is 10.8 Å². The third kappa shape index (κ3) is 3.91.